The number of aliphatic carboxylic acids is 1. The van der Waals surface area contributed by atoms with Gasteiger partial charge in [0.15, 0.2) is 0 Å². The van der Waals surface area contributed by atoms with Crippen molar-refractivity contribution in [2.75, 3.05) is 7.11 Å². The lowest BCUT2D eigenvalue weighted by molar-refractivity contribution is -0.173. The van der Waals surface area contributed by atoms with Gasteiger partial charge in [0.25, 0.3) is 5.91 Å². The molecule has 20 heavy (non-hydrogen) atoms. The smallest absolute Gasteiger partial charge is 0.371 e. The third-order valence-electron chi connectivity index (χ3n) is 2.49. The lowest BCUT2D eigenvalue weighted by Crippen LogP contribution is -2.28. The van der Waals surface area contributed by atoms with Crippen molar-refractivity contribution < 1.29 is 29.0 Å². The molecule has 0 fully saturated rings. The summed E-state index contributed by atoms with van der Waals surface area (Å²) < 4.78 is 13.1. The Hall–Kier alpha value is -2.41. The van der Waals surface area contributed by atoms with E-state index >= 15 is 0 Å². The molecule has 0 heterocycles. The Bertz CT molecular complexity index is 556. The molecule has 0 saturated heterocycles. The summed E-state index contributed by atoms with van der Waals surface area (Å²) in [5, 5.41) is 18.3. The summed E-state index contributed by atoms with van der Waals surface area (Å²) in [5.41, 5.74) is 1.01. The third-order valence-corrected chi connectivity index (χ3v) is 2.49. The first-order valence-electron chi connectivity index (χ1n) is 5.59. The van der Waals surface area contributed by atoms with E-state index in [1.165, 1.54) is 25.3 Å². The minimum atomic E-state index is -1.62. The number of hydrogen-bond acceptors (Lipinski definition) is 4. The molecule has 1 rings (SSSR count). The van der Waals surface area contributed by atoms with Crippen molar-refractivity contribution in [3.63, 3.8) is 0 Å². The number of nitrogens with zero attached hydrogens (tertiary/aromatic N) is 1. The Morgan fingerprint density at radius 2 is 2.05 bits per heavy atom. The molecule has 0 saturated carbocycles. The van der Waals surface area contributed by atoms with Crippen molar-refractivity contribution in [1.82, 2.24) is 5.06 Å². The Morgan fingerprint density at radius 1 is 1.40 bits per heavy atom. The number of benzene rings is 1. The number of hydroxylamine groups is 2. The maximum absolute atomic E-state index is 13.1. The topological polar surface area (TPSA) is 87.1 Å². The molecule has 0 atom stereocenters. The maximum atomic E-state index is 13.1. The SMILES string of the molecule is CON(Cc1ccc(F)c(C)c1)C(=O)/C=C(\O)C(=O)O. The highest BCUT2D eigenvalue weighted by molar-refractivity contribution is 5.95. The van der Waals surface area contributed by atoms with Gasteiger partial charge in [-0.05, 0) is 24.1 Å². The number of aliphatic hydroxyl groups is 1. The summed E-state index contributed by atoms with van der Waals surface area (Å²) in [6.07, 6.45) is 0.530. The Kier molecular flexibility index (Phi) is 5.22. The van der Waals surface area contributed by atoms with Crippen LogP contribution >= 0.6 is 0 Å². The summed E-state index contributed by atoms with van der Waals surface area (Å²) in [5.74, 6) is -3.92. The molecule has 2 N–H and O–H groups in total. The summed E-state index contributed by atoms with van der Waals surface area (Å²) >= 11 is 0. The predicted octanol–water partition coefficient (Wildman–Crippen LogP) is 1.55. The number of rotatable bonds is 5. The van der Waals surface area contributed by atoms with Crippen LogP contribution in [0.5, 0.6) is 0 Å². The fourth-order valence-electron chi connectivity index (χ4n) is 1.45. The lowest BCUT2D eigenvalue weighted by atomic mass is 10.1. The average molecular weight is 283 g/mol. The predicted molar refractivity (Wildman–Crippen MR) is 67.0 cm³/mol. The summed E-state index contributed by atoms with van der Waals surface area (Å²) in [6, 6.07) is 4.27. The number of halogens is 1. The van der Waals surface area contributed by atoms with Gasteiger partial charge in [0, 0.05) is 0 Å². The third kappa shape index (κ3) is 4.06. The molecule has 0 aliphatic carbocycles. The van der Waals surface area contributed by atoms with Gasteiger partial charge in [-0.2, -0.15) is 0 Å². The second kappa shape index (κ2) is 6.67. The van der Waals surface area contributed by atoms with Gasteiger partial charge in [0.1, 0.15) is 5.82 Å². The van der Waals surface area contributed by atoms with Gasteiger partial charge in [-0.15, -0.1) is 0 Å². The van der Waals surface area contributed by atoms with E-state index in [1.807, 2.05) is 0 Å². The molecule has 108 valence electrons. The zero-order chi connectivity index (χ0) is 15.3. The molecule has 0 aromatic heterocycles. The first-order valence-corrected chi connectivity index (χ1v) is 5.59. The summed E-state index contributed by atoms with van der Waals surface area (Å²) in [4.78, 5) is 26.9. The van der Waals surface area contributed by atoms with E-state index in [9.17, 15) is 14.0 Å². The van der Waals surface area contributed by atoms with Crippen LogP contribution in [0.25, 0.3) is 0 Å². The van der Waals surface area contributed by atoms with Crippen molar-refractivity contribution in [3.8, 4) is 0 Å². The van der Waals surface area contributed by atoms with Crippen LogP contribution in [0.3, 0.4) is 0 Å². The minimum absolute atomic E-state index is 0.0140. The molecular formula is C13H14FNO5. The minimum Gasteiger partial charge on any atom is -0.502 e. The van der Waals surface area contributed by atoms with Gasteiger partial charge in [0.2, 0.25) is 5.76 Å². The van der Waals surface area contributed by atoms with Crippen LogP contribution in [-0.4, -0.2) is 34.3 Å². The van der Waals surface area contributed by atoms with Crippen molar-refractivity contribution in [2.24, 2.45) is 0 Å². The first kappa shape index (κ1) is 15.6. The number of aryl methyl sites for hydroxylation is 1. The highest BCUT2D eigenvalue weighted by Gasteiger charge is 2.15. The largest absolute Gasteiger partial charge is 0.502 e. The molecule has 0 aliphatic rings. The van der Waals surface area contributed by atoms with E-state index in [0.717, 1.165) is 5.06 Å². The fraction of sp³-hybridized carbons (Fsp3) is 0.231. The van der Waals surface area contributed by atoms with Crippen LogP contribution in [0, 0.1) is 12.7 Å². The van der Waals surface area contributed by atoms with Crippen LogP contribution in [0.1, 0.15) is 11.1 Å². The number of carboxylic acid groups (broad SMARTS) is 1. The monoisotopic (exact) mass is 283 g/mol. The van der Waals surface area contributed by atoms with Crippen LogP contribution in [-0.2, 0) is 21.0 Å². The number of carbonyl (C=O) groups excluding carboxylic acids is 1. The highest BCUT2D eigenvalue weighted by atomic mass is 19.1. The Morgan fingerprint density at radius 3 is 2.55 bits per heavy atom. The first-order chi connectivity index (χ1) is 9.35. The molecule has 7 heteroatoms. The normalized spacial score (nSPS) is 11.2. The molecule has 0 radical (unpaired) electrons. The molecule has 0 aliphatic heterocycles. The molecule has 0 bridgehead atoms. The van der Waals surface area contributed by atoms with Crippen molar-refractivity contribution in [1.29, 1.82) is 0 Å². The van der Waals surface area contributed by atoms with Crippen LogP contribution in [0.4, 0.5) is 4.39 Å². The van der Waals surface area contributed by atoms with E-state index in [1.54, 1.807) is 6.92 Å². The molecule has 0 unspecified atom stereocenters. The second-order valence-electron chi connectivity index (χ2n) is 3.98. The molecule has 1 aromatic carbocycles. The standard InChI is InChI=1S/C13H14FNO5/c1-8-5-9(3-4-10(8)14)7-15(20-2)12(17)6-11(16)13(18)19/h3-6,16H,7H2,1-2H3,(H,18,19)/b11-6-. The van der Waals surface area contributed by atoms with Crippen LogP contribution in [0.15, 0.2) is 30.0 Å². The van der Waals surface area contributed by atoms with Crippen LogP contribution < -0.4 is 0 Å². The van der Waals surface area contributed by atoms with E-state index < -0.39 is 17.6 Å². The summed E-state index contributed by atoms with van der Waals surface area (Å²) in [7, 11) is 1.22. The highest BCUT2D eigenvalue weighted by Crippen LogP contribution is 2.12. The number of carbonyl (C=O) groups is 2. The van der Waals surface area contributed by atoms with Gasteiger partial charge in [0.05, 0.1) is 19.7 Å². The number of amides is 1. The Balaban J connectivity index is 2.86. The Labute approximate surface area is 114 Å². The second-order valence-corrected chi connectivity index (χ2v) is 3.98. The lowest BCUT2D eigenvalue weighted by Gasteiger charge is -2.18. The molecule has 0 spiro atoms. The number of hydrogen-bond donors (Lipinski definition) is 2. The van der Waals surface area contributed by atoms with Gasteiger partial charge >= 0.3 is 5.97 Å². The van der Waals surface area contributed by atoms with Gasteiger partial charge in [-0.1, -0.05) is 12.1 Å². The van der Waals surface area contributed by atoms with Crippen molar-refractivity contribution in [2.45, 2.75) is 13.5 Å². The van der Waals surface area contributed by atoms with Gasteiger partial charge in [-0.25, -0.2) is 14.2 Å². The maximum Gasteiger partial charge on any atom is 0.371 e. The van der Waals surface area contributed by atoms with Gasteiger partial charge < -0.3 is 10.2 Å². The van der Waals surface area contributed by atoms with Crippen molar-refractivity contribution >= 4 is 11.9 Å². The van der Waals surface area contributed by atoms with E-state index in [-0.39, 0.29) is 12.4 Å². The average Bonchev–Trinajstić information content (AvgIpc) is 2.39. The molecule has 1 amide bonds. The summed E-state index contributed by atoms with van der Waals surface area (Å²) in [6.45, 7) is 1.56. The van der Waals surface area contributed by atoms with Gasteiger partial charge in [-0.3, -0.25) is 9.63 Å². The number of carboxylic acids is 1. The number of aliphatic hydroxyl groups excluding tert-OH is 1. The molecular weight excluding hydrogens is 269 g/mol. The quantitative estimate of drug-likeness (QED) is 0.486. The zero-order valence-electron chi connectivity index (χ0n) is 11.0. The van der Waals surface area contributed by atoms with Crippen molar-refractivity contribution in [3.05, 3.63) is 47.0 Å². The van der Waals surface area contributed by atoms with E-state index in [0.29, 0.717) is 17.2 Å². The fourth-order valence-corrected chi connectivity index (χ4v) is 1.45. The zero-order valence-corrected chi connectivity index (χ0v) is 11.0. The van der Waals surface area contributed by atoms with Crippen LogP contribution in [0.2, 0.25) is 0 Å². The van der Waals surface area contributed by atoms with E-state index in [4.69, 9.17) is 15.1 Å². The molecule has 6 nitrogen and oxygen atoms in total. The van der Waals surface area contributed by atoms with E-state index in [2.05, 4.69) is 0 Å². The molecule has 1 aromatic rings.